The van der Waals surface area contributed by atoms with Gasteiger partial charge < -0.3 is 19.3 Å². The summed E-state index contributed by atoms with van der Waals surface area (Å²) in [4.78, 5) is 47.9. The van der Waals surface area contributed by atoms with Crippen molar-refractivity contribution in [3.63, 3.8) is 0 Å². The SMILES string of the molecule is CC[C@H]1CN(c2c(C)nc(C(=O)OC)c(=O)n2C)CCN1C1CCN(C(=O)OC(C)(C)C)CC1. The molecule has 1 aromatic heterocycles. The van der Waals surface area contributed by atoms with Crippen molar-refractivity contribution in [3.8, 4) is 0 Å². The number of carbonyl (C=O) groups is 2. The highest BCUT2D eigenvalue weighted by atomic mass is 16.6. The van der Waals surface area contributed by atoms with Crippen molar-refractivity contribution in [2.24, 2.45) is 7.05 Å². The molecular weight excluding hydrogens is 438 g/mol. The first-order valence-corrected chi connectivity index (χ1v) is 12.1. The lowest BCUT2D eigenvalue weighted by atomic mass is 9.98. The van der Waals surface area contributed by atoms with Gasteiger partial charge in [-0.3, -0.25) is 14.3 Å². The van der Waals surface area contributed by atoms with Crippen molar-refractivity contribution < 1.29 is 19.1 Å². The van der Waals surface area contributed by atoms with E-state index in [2.05, 4.69) is 21.7 Å². The van der Waals surface area contributed by atoms with Gasteiger partial charge in [-0.05, 0) is 47.0 Å². The molecule has 0 aliphatic carbocycles. The molecule has 190 valence electrons. The van der Waals surface area contributed by atoms with Gasteiger partial charge in [-0.1, -0.05) is 6.92 Å². The van der Waals surface area contributed by atoms with E-state index in [1.54, 1.807) is 7.05 Å². The summed E-state index contributed by atoms with van der Waals surface area (Å²) in [6.45, 7) is 13.5. The molecule has 3 rings (SSSR count). The van der Waals surface area contributed by atoms with Crippen LogP contribution in [0.5, 0.6) is 0 Å². The van der Waals surface area contributed by atoms with E-state index in [1.165, 1.54) is 11.7 Å². The zero-order chi connectivity index (χ0) is 25.2. The summed E-state index contributed by atoms with van der Waals surface area (Å²) in [6.07, 6.45) is 2.58. The lowest BCUT2D eigenvalue weighted by Gasteiger charge is -2.48. The van der Waals surface area contributed by atoms with Gasteiger partial charge in [0.05, 0.1) is 12.8 Å². The molecule has 1 aromatic rings. The Balaban J connectivity index is 1.69. The van der Waals surface area contributed by atoms with Gasteiger partial charge >= 0.3 is 12.1 Å². The number of rotatable bonds is 4. The van der Waals surface area contributed by atoms with E-state index < -0.39 is 17.1 Å². The van der Waals surface area contributed by atoms with Crippen LogP contribution < -0.4 is 10.5 Å². The summed E-state index contributed by atoms with van der Waals surface area (Å²) >= 11 is 0. The lowest BCUT2D eigenvalue weighted by molar-refractivity contribution is 0.00940. The Kier molecular flexibility index (Phi) is 7.90. The van der Waals surface area contributed by atoms with Crippen molar-refractivity contribution >= 4 is 17.9 Å². The van der Waals surface area contributed by atoms with Crippen LogP contribution in [0.3, 0.4) is 0 Å². The highest BCUT2D eigenvalue weighted by Crippen LogP contribution is 2.27. The van der Waals surface area contributed by atoms with Crippen molar-refractivity contribution in [2.45, 2.75) is 71.6 Å². The first kappa shape index (κ1) is 26.0. The molecule has 10 nitrogen and oxygen atoms in total. The fourth-order valence-electron chi connectivity index (χ4n) is 5.05. The van der Waals surface area contributed by atoms with E-state index in [0.717, 1.165) is 44.7 Å². The first-order valence-electron chi connectivity index (χ1n) is 12.1. The van der Waals surface area contributed by atoms with Crippen LogP contribution in [0.25, 0.3) is 0 Å². The quantitative estimate of drug-likeness (QED) is 0.609. The third-order valence-electron chi connectivity index (χ3n) is 6.69. The van der Waals surface area contributed by atoms with E-state index in [0.29, 0.717) is 30.9 Å². The number of hydrogen-bond acceptors (Lipinski definition) is 8. The molecule has 2 fully saturated rings. The molecule has 2 aliphatic heterocycles. The standard InChI is InChI=1S/C24H39N5O5/c1-8-17-15-28(20-16(2)25-19(22(31)33-7)21(30)26(20)6)13-14-29(17)18-9-11-27(12-10-18)23(32)34-24(3,4)5/h17-18H,8-15H2,1-7H3/t17-/m0/s1. The van der Waals surface area contributed by atoms with Gasteiger partial charge in [0.1, 0.15) is 11.4 Å². The second kappa shape index (κ2) is 10.3. The minimum atomic E-state index is -0.718. The molecule has 0 radical (unpaired) electrons. The van der Waals surface area contributed by atoms with Crippen LogP contribution in [0.2, 0.25) is 0 Å². The number of anilines is 1. The Bertz CT molecular complexity index is 962. The van der Waals surface area contributed by atoms with Gasteiger partial charge in [-0.2, -0.15) is 0 Å². The molecule has 0 unspecified atom stereocenters. The minimum Gasteiger partial charge on any atom is -0.464 e. The number of piperidine rings is 1. The topological polar surface area (TPSA) is 97.2 Å². The van der Waals surface area contributed by atoms with Crippen LogP contribution in [-0.4, -0.2) is 88.9 Å². The summed E-state index contributed by atoms with van der Waals surface area (Å²) in [5.41, 5.74) is -0.484. The maximum Gasteiger partial charge on any atom is 0.410 e. The van der Waals surface area contributed by atoms with Crippen molar-refractivity contribution in [3.05, 3.63) is 21.7 Å². The number of aromatic nitrogens is 2. The molecule has 0 spiro atoms. The number of carbonyl (C=O) groups excluding carboxylic acids is 2. The molecule has 2 aliphatic rings. The minimum absolute atomic E-state index is 0.186. The molecule has 2 saturated heterocycles. The van der Waals surface area contributed by atoms with Crippen molar-refractivity contribution in [2.75, 3.05) is 44.7 Å². The number of likely N-dealkylation sites (tertiary alicyclic amines) is 1. The van der Waals surface area contributed by atoms with Gasteiger partial charge in [-0.15, -0.1) is 0 Å². The predicted molar refractivity (Wildman–Crippen MR) is 129 cm³/mol. The van der Waals surface area contributed by atoms with Crippen LogP contribution in [0.1, 0.15) is 63.1 Å². The van der Waals surface area contributed by atoms with Crippen molar-refractivity contribution in [1.82, 2.24) is 19.4 Å². The Morgan fingerprint density at radius 2 is 1.76 bits per heavy atom. The summed E-state index contributed by atoms with van der Waals surface area (Å²) in [7, 11) is 2.92. The lowest BCUT2D eigenvalue weighted by Crippen LogP contribution is -2.59. The second-order valence-electron chi connectivity index (χ2n) is 10.2. The highest BCUT2D eigenvalue weighted by Gasteiger charge is 2.36. The zero-order valence-electron chi connectivity index (χ0n) is 21.6. The summed E-state index contributed by atoms with van der Waals surface area (Å²) in [6, 6.07) is 0.733. The third kappa shape index (κ3) is 5.54. The number of aryl methyl sites for hydroxylation is 1. The largest absolute Gasteiger partial charge is 0.464 e. The van der Waals surface area contributed by atoms with Crippen LogP contribution in [0.15, 0.2) is 4.79 Å². The number of amides is 1. The molecule has 0 aromatic carbocycles. The van der Waals surface area contributed by atoms with Gasteiger partial charge in [0, 0.05) is 51.9 Å². The van der Waals surface area contributed by atoms with Crippen LogP contribution in [0, 0.1) is 6.92 Å². The summed E-state index contributed by atoms with van der Waals surface area (Å²) in [5.74, 6) is 0.0275. The van der Waals surface area contributed by atoms with Gasteiger partial charge in [0.15, 0.2) is 0 Å². The number of methoxy groups -OCH3 is 1. The molecule has 0 saturated carbocycles. The molecule has 0 bridgehead atoms. The van der Waals surface area contributed by atoms with Gasteiger partial charge in [-0.25, -0.2) is 14.6 Å². The van der Waals surface area contributed by atoms with E-state index in [4.69, 9.17) is 9.47 Å². The van der Waals surface area contributed by atoms with E-state index >= 15 is 0 Å². The van der Waals surface area contributed by atoms with Crippen molar-refractivity contribution in [1.29, 1.82) is 0 Å². The zero-order valence-corrected chi connectivity index (χ0v) is 21.6. The number of hydrogen-bond donors (Lipinski definition) is 0. The molecule has 34 heavy (non-hydrogen) atoms. The van der Waals surface area contributed by atoms with E-state index in [-0.39, 0.29) is 11.8 Å². The monoisotopic (exact) mass is 477 g/mol. The molecular formula is C24H39N5O5. The van der Waals surface area contributed by atoms with E-state index in [9.17, 15) is 14.4 Å². The van der Waals surface area contributed by atoms with Gasteiger partial charge in [0.2, 0.25) is 5.69 Å². The van der Waals surface area contributed by atoms with E-state index in [1.807, 2.05) is 32.6 Å². The highest BCUT2D eigenvalue weighted by molar-refractivity contribution is 5.87. The molecule has 10 heteroatoms. The smallest absolute Gasteiger partial charge is 0.410 e. The van der Waals surface area contributed by atoms with Gasteiger partial charge in [0.25, 0.3) is 5.56 Å². The van der Waals surface area contributed by atoms with Crippen LogP contribution in [0.4, 0.5) is 10.6 Å². The average molecular weight is 478 g/mol. The Hall–Kier alpha value is -2.62. The molecule has 1 atom stereocenters. The number of esters is 1. The molecule has 1 amide bonds. The first-order chi connectivity index (χ1) is 16.0. The van der Waals surface area contributed by atoms with Crippen LogP contribution in [-0.2, 0) is 16.5 Å². The normalized spacial score (nSPS) is 20.4. The Labute approximate surface area is 201 Å². The molecule has 3 heterocycles. The fraction of sp³-hybridized carbons (Fsp3) is 0.750. The second-order valence-corrected chi connectivity index (χ2v) is 10.2. The maximum atomic E-state index is 12.7. The number of ether oxygens (including phenoxy) is 2. The summed E-state index contributed by atoms with van der Waals surface area (Å²) in [5, 5.41) is 0. The number of piperazine rings is 1. The fourth-order valence-corrected chi connectivity index (χ4v) is 5.05. The Morgan fingerprint density at radius 1 is 1.12 bits per heavy atom. The Morgan fingerprint density at radius 3 is 2.32 bits per heavy atom. The number of nitrogens with zero attached hydrogens (tertiary/aromatic N) is 5. The third-order valence-corrected chi connectivity index (χ3v) is 6.69. The van der Waals surface area contributed by atoms with Crippen LogP contribution >= 0.6 is 0 Å². The maximum absolute atomic E-state index is 12.7. The average Bonchev–Trinajstić information content (AvgIpc) is 2.79. The summed E-state index contributed by atoms with van der Waals surface area (Å²) < 4.78 is 11.7. The molecule has 0 N–H and O–H groups in total. The predicted octanol–water partition coefficient (Wildman–Crippen LogP) is 2.18.